The molecule has 1 fully saturated rings. The number of anilines is 1. The molecule has 1 aromatic heterocycles. The van der Waals surface area contributed by atoms with E-state index in [2.05, 4.69) is 45.0 Å². The van der Waals surface area contributed by atoms with Crippen LogP contribution in [0.25, 0.3) is 0 Å². The highest BCUT2D eigenvalue weighted by Crippen LogP contribution is 2.19. The van der Waals surface area contributed by atoms with Gasteiger partial charge in [0.2, 0.25) is 0 Å². The lowest BCUT2D eigenvalue weighted by molar-refractivity contribution is 0.380. The van der Waals surface area contributed by atoms with Gasteiger partial charge < -0.3 is 15.5 Å². The molecule has 2 aromatic rings. The number of nitrogens with zero attached hydrogens (tertiary/aromatic N) is 5. The summed E-state index contributed by atoms with van der Waals surface area (Å²) < 4.78 is 2.03. The molecule has 0 aliphatic carbocycles. The summed E-state index contributed by atoms with van der Waals surface area (Å²) in [5.74, 6) is 0.647. The lowest BCUT2D eigenvalue weighted by atomic mass is 10.2. The number of aromatic nitrogens is 2. The molecule has 1 aromatic carbocycles. The molecule has 8 heteroatoms. The van der Waals surface area contributed by atoms with Crippen molar-refractivity contribution in [2.24, 2.45) is 10.7 Å². The standard InChI is InChI=1S/C19H27ClN6.HI/c1-15-14-16(2)26(23-15)9-3-8-22-19(21)25-12-10-24(11-13-25)18-6-4-17(20)5-7-18;/h4-7,14H,3,8-13H2,1-2H3,(H2,21,22);1H. The lowest BCUT2D eigenvalue weighted by Gasteiger charge is -2.36. The van der Waals surface area contributed by atoms with Crippen molar-refractivity contribution in [2.45, 2.75) is 26.8 Å². The van der Waals surface area contributed by atoms with E-state index in [-0.39, 0.29) is 24.0 Å². The summed E-state index contributed by atoms with van der Waals surface area (Å²) in [5.41, 5.74) is 9.64. The number of guanidine groups is 1. The van der Waals surface area contributed by atoms with Crippen LogP contribution < -0.4 is 10.6 Å². The molecule has 1 aliphatic rings. The monoisotopic (exact) mass is 502 g/mol. The summed E-state index contributed by atoms with van der Waals surface area (Å²) in [6, 6.07) is 10.1. The third kappa shape index (κ3) is 6.00. The minimum atomic E-state index is 0. The number of hydrogen-bond acceptors (Lipinski definition) is 3. The van der Waals surface area contributed by atoms with Gasteiger partial charge >= 0.3 is 0 Å². The molecule has 1 saturated heterocycles. The van der Waals surface area contributed by atoms with Gasteiger partial charge in [0.25, 0.3) is 0 Å². The molecule has 6 nitrogen and oxygen atoms in total. The summed E-state index contributed by atoms with van der Waals surface area (Å²) in [7, 11) is 0. The van der Waals surface area contributed by atoms with Crippen molar-refractivity contribution in [1.82, 2.24) is 14.7 Å². The first-order valence-corrected chi connectivity index (χ1v) is 9.47. The van der Waals surface area contributed by atoms with Gasteiger partial charge in [0.05, 0.1) is 5.69 Å². The van der Waals surface area contributed by atoms with Crippen molar-refractivity contribution in [1.29, 1.82) is 0 Å². The van der Waals surface area contributed by atoms with Gasteiger partial charge in [0, 0.05) is 55.7 Å². The van der Waals surface area contributed by atoms with E-state index in [1.165, 1.54) is 11.4 Å². The van der Waals surface area contributed by atoms with Gasteiger partial charge in [-0.1, -0.05) is 11.6 Å². The molecule has 0 amide bonds. The summed E-state index contributed by atoms with van der Waals surface area (Å²) in [6.45, 7) is 9.33. The van der Waals surface area contributed by atoms with Crippen molar-refractivity contribution in [3.05, 3.63) is 46.7 Å². The van der Waals surface area contributed by atoms with E-state index < -0.39 is 0 Å². The van der Waals surface area contributed by atoms with Crippen LogP contribution in [0.4, 0.5) is 5.69 Å². The predicted molar refractivity (Wildman–Crippen MR) is 123 cm³/mol. The molecule has 0 radical (unpaired) electrons. The predicted octanol–water partition coefficient (Wildman–Crippen LogP) is 3.30. The maximum absolute atomic E-state index is 6.18. The van der Waals surface area contributed by atoms with E-state index in [0.717, 1.165) is 56.4 Å². The number of rotatable bonds is 5. The van der Waals surface area contributed by atoms with Crippen LogP contribution in [0.2, 0.25) is 5.02 Å². The summed E-state index contributed by atoms with van der Waals surface area (Å²) in [4.78, 5) is 9.06. The SMILES string of the molecule is Cc1cc(C)n(CCCN=C(N)N2CCN(c3ccc(Cl)cc3)CC2)n1.I. The van der Waals surface area contributed by atoms with E-state index >= 15 is 0 Å². The molecule has 0 bridgehead atoms. The molecule has 0 spiro atoms. The minimum absolute atomic E-state index is 0. The summed E-state index contributed by atoms with van der Waals surface area (Å²) >= 11 is 5.96. The Bertz CT molecular complexity index is 750. The smallest absolute Gasteiger partial charge is 0.191 e. The molecular formula is C19H28ClIN6. The Morgan fingerprint density at radius 2 is 1.81 bits per heavy atom. The van der Waals surface area contributed by atoms with Crippen molar-refractivity contribution in [2.75, 3.05) is 37.6 Å². The van der Waals surface area contributed by atoms with E-state index in [0.29, 0.717) is 5.96 Å². The molecule has 0 atom stereocenters. The zero-order valence-electron chi connectivity index (χ0n) is 15.9. The van der Waals surface area contributed by atoms with Crippen LogP contribution in [0.3, 0.4) is 0 Å². The number of piperazine rings is 1. The van der Waals surface area contributed by atoms with E-state index in [1.54, 1.807) is 0 Å². The quantitative estimate of drug-likeness (QED) is 0.295. The van der Waals surface area contributed by atoms with Gasteiger partial charge in [-0.15, -0.1) is 24.0 Å². The number of hydrogen-bond donors (Lipinski definition) is 1. The Morgan fingerprint density at radius 3 is 2.41 bits per heavy atom. The molecule has 27 heavy (non-hydrogen) atoms. The highest BCUT2D eigenvalue weighted by molar-refractivity contribution is 14.0. The number of nitrogens with two attached hydrogens (primary N) is 1. The number of benzene rings is 1. The average molecular weight is 503 g/mol. The Kier molecular flexibility index (Phi) is 8.22. The maximum atomic E-state index is 6.18. The fourth-order valence-electron chi connectivity index (χ4n) is 3.26. The topological polar surface area (TPSA) is 62.7 Å². The Labute approximate surface area is 183 Å². The number of aliphatic imine (C=N–C) groups is 1. The molecule has 0 saturated carbocycles. The van der Waals surface area contributed by atoms with Crippen LogP contribution in [-0.2, 0) is 6.54 Å². The van der Waals surface area contributed by atoms with Crippen LogP contribution in [0.15, 0.2) is 35.3 Å². The summed E-state index contributed by atoms with van der Waals surface area (Å²) in [5, 5.41) is 5.24. The Morgan fingerprint density at radius 1 is 1.15 bits per heavy atom. The van der Waals surface area contributed by atoms with Gasteiger partial charge in [0.1, 0.15) is 0 Å². The van der Waals surface area contributed by atoms with Crippen molar-refractivity contribution >= 4 is 47.2 Å². The third-order valence-corrected chi connectivity index (χ3v) is 4.95. The fourth-order valence-corrected chi connectivity index (χ4v) is 3.39. The highest BCUT2D eigenvalue weighted by atomic mass is 127. The maximum Gasteiger partial charge on any atom is 0.191 e. The van der Waals surface area contributed by atoms with Crippen molar-refractivity contribution < 1.29 is 0 Å². The first-order chi connectivity index (χ1) is 12.5. The van der Waals surface area contributed by atoms with Gasteiger partial charge in [-0.05, 0) is 50.6 Å². The van der Waals surface area contributed by atoms with Gasteiger partial charge in [-0.25, -0.2) is 0 Å². The zero-order valence-corrected chi connectivity index (χ0v) is 19.0. The molecule has 0 unspecified atom stereocenters. The van der Waals surface area contributed by atoms with Crippen molar-refractivity contribution in [3.63, 3.8) is 0 Å². The Balaban J connectivity index is 0.00000261. The minimum Gasteiger partial charge on any atom is -0.370 e. The van der Waals surface area contributed by atoms with E-state index in [1.807, 2.05) is 23.7 Å². The molecule has 2 N–H and O–H groups in total. The highest BCUT2D eigenvalue weighted by Gasteiger charge is 2.18. The summed E-state index contributed by atoms with van der Waals surface area (Å²) in [6.07, 6.45) is 0.938. The van der Waals surface area contributed by atoms with Gasteiger partial charge in [0.15, 0.2) is 5.96 Å². The van der Waals surface area contributed by atoms with Gasteiger partial charge in [-0.2, -0.15) is 5.10 Å². The third-order valence-electron chi connectivity index (χ3n) is 4.70. The molecule has 2 heterocycles. The number of halogens is 2. The lowest BCUT2D eigenvalue weighted by Crippen LogP contribution is -2.51. The average Bonchev–Trinajstić information content (AvgIpc) is 2.96. The van der Waals surface area contributed by atoms with E-state index in [9.17, 15) is 0 Å². The molecule has 148 valence electrons. The molecule has 3 rings (SSSR count). The Hall–Kier alpha value is -1.48. The zero-order chi connectivity index (χ0) is 18.5. The molecule has 1 aliphatic heterocycles. The second-order valence-corrected chi connectivity index (χ2v) is 7.13. The molecular weight excluding hydrogens is 475 g/mol. The van der Waals surface area contributed by atoms with E-state index in [4.69, 9.17) is 17.3 Å². The largest absolute Gasteiger partial charge is 0.370 e. The van der Waals surface area contributed by atoms with Crippen LogP contribution >= 0.6 is 35.6 Å². The number of aryl methyl sites for hydroxylation is 3. The fraction of sp³-hybridized carbons (Fsp3) is 0.474. The van der Waals surface area contributed by atoms with Crippen molar-refractivity contribution in [3.8, 4) is 0 Å². The van der Waals surface area contributed by atoms with Crippen LogP contribution in [0.1, 0.15) is 17.8 Å². The van der Waals surface area contributed by atoms with Crippen LogP contribution in [0, 0.1) is 13.8 Å². The second kappa shape index (κ2) is 10.2. The second-order valence-electron chi connectivity index (χ2n) is 6.69. The first kappa shape index (κ1) is 21.8. The van der Waals surface area contributed by atoms with Crippen LogP contribution in [-0.4, -0.2) is 53.4 Å². The first-order valence-electron chi connectivity index (χ1n) is 9.09. The van der Waals surface area contributed by atoms with Crippen LogP contribution in [0.5, 0.6) is 0 Å². The normalized spacial score (nSPS) is 15.0. The van der Waals surface area contributed by atoms with Gasteiger partial charge in [-0.3, -0.25) is 9.67 Å².